The average molecular weight is 194 g/mol. The lowest BCUT2D eigenvalue weighted by Crippen LogP contribution is -2.21. The lowest BCUT2D eigenvalue weighted by Gasteiger charge is -2.25. The number of carbonyl (C=O) groups excluding carboxylic acids is 1. The molecule has 1 fully saturated rings. The van der Waals surface area contributed by atoms with Crippen molar-refractivity contribution < 1.29 is 9.53 Å². The number of rotatable bonds is 2. The Balaban J connectivity index is 1.91. The van der Waals surface area contributed by atoms with E-state index in [-0.39, 0.29) is 0 Å². The van der Waals surface area contributed by atoms with Crippen LogP contribution in [0.4, 0.5) is 0 Å². The van der Waals surface area contributed by atoms with Crippen molar-refractivity contribution in [3.8, 4) is 0 Å². The second-order valence-corrected chi connectivity index (χ2v) is 4.58. The second-order valence-electron chi connectivity index (χ2n) is 4.58. The van der Waals surface area contributed by atoms with Crippen LogP contribution < -0.4 is 0 Å². The van der Waals surface area contributed by atoms with E-state index in [1.54, 1.807) is 6.26 Å². The van der Waals surface area contributed by atoms with Gasteiger partial charge in [-0.3, -0.25) is 4.79 Å². The summed E-state index contributed by atoms with van der Waals surface area (Å²) in [5.41, 5.74) is 0.921. The van der Waals surface area contributed by atoms with E-state index in [1.807, 2.05) is 0 Å². The Morgan fingerprint density at radius 2 is 2.07 bits per heavy atom. The first kappa shape index (κ1) is 9.75. The van der Waals surface area contributed by atoms with Gasteiger partial charge >= 0.3 is 0 Å². The van der Waals surface area contributed by atoms with Crippen LogP contribution in [0.2, 0.25) is 0 Å². The largest absolute Gasteiger partial charge is 0.500 e. The van der Waals surface area contributed by atoms with E-state index in [4.69, 9.17) is 4.74 Å². The first-order valence-corrected chi connectivity index (χ1v) is 5.62. The fourth-order valence-electron chi connectivity index (χ4n) is 2.35. The molecule has 78 valence electrons. The van der Waals surface area contributed by atoms with Crippen molar-refractivity contribution in [2.24, 2.45) is 11.8 Å². The molecule has 0 spiro atoms. The van der Waals surface area contributed by atoms with Crippen molar-refractivity contribution in [1.82, 2.24) is 0 Å². The summed E-state index contributed by atoms with van der Waals surface area (Å²) in [4.78, 5) is 12.0. The summed E-state index contributed by atoms with van der Waals surface area (Å²) in [5.74, 6) is 1.46. The predicted molar refractivity (Wildman–Crippen MR) is 54.8 cm³/mol. The highest BCUT2D eigenvalue weighted by Gasteiger charge is 2.27. The zero-order valence-electron chi connectivity index (χ0n) is 8.79. The van der Waals surface area contributed by atoms with E-state index < -0.39 is 0 Å². The maximum atomic E-state index is 12.0. The number of Topliss-reactive ketones (excluding diaryl/α,β-unsaturated/α-hetero) is 1. The molecule has 1 saturated carbocycles. The van der Waals surface area contributed by atoms with Crippen molar-refractivity contribution in [1.29, 1.82) is 0 Å². The Bertz CT molecular complexity index is 247. The molecule has 2 rings (SSSR count). The SMILES string of the molecule is CC1CCC(C(=O)C2=COCC2)CC1. The zero-order valence-corrected chi connectivity index (χ0v) is 8.79. The third kappa shape index (κ3) is 1.99. The molecule has 0 radical (unpaired) electrons. The third-order valence-corrected chi connectivity index (χ3v) is 3.42. The van der Waals surface area contributed by atoms with Gasteiger partial charge in [0.2, 0.25) is 0 Å². The summed E-state index contributed by atoms with van der Waals surface area (Å²) in [6.07, 6.45) is 7.08. The monoisotopic (exact) mass is 194 g/mol. The quantitative estimate of drug-likeness (QED) is 0.675. The lowest BCUT2D eigenvalue weighted by molar-refractivity contribution is -0.120. The van der Waals surface area contributed by atoms with Crippen LogP contribution in [0, 0.1) is 11.8 Å². The van der Waals surface area contributed by atoms with Crippen molar-refractivity contribution >= 4 is 5.78 Å². The molecule has 2 aliphatic rings. The molecule has 1 aliphatic heterocycles. The van der Waals surface area contributed by atoms with Crippen molar-refractivity contribution in [2.75, 3.05) is 6.61 Å². The molecule has 0 atom stereocenters. The molecule has 0 aromatic heterocycles. The molecule has 1 heterocycles. The summed E-state index contributed by atoms with van der Waals surface area (Å²) < 4.78 is 5.11. The van der Waals surface area contributed by atoms with Gasteiger partial charge in [0.15, 0.2) is 5.78 Å². The molecule has 0 amide bonds. The minimum absolute atomic E-state index is 0.291. The lowest BCUT2D eigenvalue weighted by atomic mass is 9.79. The number of hydrogen-bond acceptors (Lipinski definition) is 2. The topological polar surface area (TPSA) is 26.3 Å². The molecule has 1 aliphatic carbocycles. The maximum absolute atomic E-state index is 12.0. The first-order chi connectivity index (χ1) is 6.77. The standard InChI is InChI=1S/C12H18O2/c1-9-2-4-10(5-3-9)12(13)11-6-7-14-8-11/h8-10H,2-7H2,1H3. The van der Waals surface area contributed by atoms with Crippen LogP contribution in [-0.2, 0) is 9.53 Å². The van der Waals surface area contributed by atoms with Gasteiger partial charge in [0, 0.05) is 17.9 Å². The van der Waals surface area contributed by atoms with Crippen molar-refractivity contribution in [2.45, 2.75) is 39.0 Å². The summed E-state index contributed by atoms with van der Waals surface area (Å²) in [6.45, 7) is 2.98. The van der Waals surface area contributed by atoms with Crippen LogP contribution in [-0.4, -0.2) is 12.4 Å². The molecule has 0 aromatic carbocycles. The van der Waals surface area contributed by atoms with Gasteiger partial charge in [-0.25, -0.2) is 0 Å². The maximum Gasteiger partial charge on any atom is 0.165 e. The summed E-state index contributed by atoms with van der Waals surface area (Å²) in [6, 6.07) is 0. The smallest absolute Gasteiger partial charge is 0.165 e. The van der Waals surface area contributed by atoms with E-state index >= 15 is 0 Å². The van der Waals surface area contributed by atoms with E-state index in [9.17, 15) is 4.79 Å². The van der Waals surface area contributed by atoms with Gasteiger partial charge in [-0.15, -0.1) is 0 Å². The number of carbonyl (C=O) groups is 1. The Hall–Kier alpha value is -0.790. The van der Waals surface area contributed by atoms with Gasteiger partial charge in [0.1, 0.15) is 0 Å². The van der Waals surface area contributed by atoms with Crippen molar-refractivity contribution in [3.63, 3.8) is 0 Å². The molecular weight excluding hydrogens is 176 g/mol. The zero-order chi connectivity index (χ0) is 9.97. The Kier molecular flexibility index (Phi) is 2.90. The highest BCUT2D eigenvalue weighted by Crippen LogP contribution is 2.31. The van der Waals surface area contributed by atoms with Crippen LogP contribution >= 0.6 is 0 Å². The minimum Gasteiger partial charge on any atom is -0.500 e. The van der Waals surface area contributed by atoms with Crippen molar-refractivity contribution in [3.05, 3.63) is 11.8 Å². The Morgan fingerprint density at radius 1 is 1.36 bits per heavy atom. The van der Waals surface area contributed by atoms with Gasteiger partial charge in [0.25, 0.3) is 0 Å². The van der Waals surface area contributed by atoms with E-state index in [2.05, 4.69) is 6.92 Å². The minimum atomic E-state index is 0.291. The van der Waals surface area contributed by atoms with E-state index in [0.29, 0.717) is 18.3 Å². The highest BCUT2D eigenvalue weighted by atomic mass is 16.5. The van der Waals surface area contributed by atoms with E-state index in [1.165, 1.54) is 12.8 Å². The van der Waals surface area contributed by atoms with Crippen LogP contribution in [0.25, 0.3) is 0 Å². The molecule has 2 heteroatoms. The average Bonchev–Trinajstić information content (AvgIpc) is 2.71. The molecule has 0 bridgehead atoms. The Morgan fingerprint density at radius 3 is 2.64 bits per heavy atom. The van der Waals surface area contributed by atoms with Gasteiger partial charge < -0.3 is 4.74 Å². The van der Waals surface area contributed by atoms with Crippen LogP contribution in [0.1, 0.15) is 39.0 Å². The second kappa shape index (κ2) is 4.16. The van der Waals surface area contributed by atoms with Gasteiger partial charge in [-0.2, -0.15) is 0 Å². The Labute approximate surface area is 85.3 Å². The third-order valence-electron chi connectivity index (χ3n) is 3.42. The normalized spacial score (nSPS) is 32.2. The predicted octanol–water partition coefficient (Wildman–Crippen LogP) is 2.69. The van der Waals surface area contributed by atoms with Gasteiger partial charge in [-0.05, 0) is 18.8 Å². The number of ketones is 1. The van der Waals surface area contributed by atoms with Crippen LogP contribution in [0.5, 0.6) is 0 Å². The molecule has 2 nitrogen and oxygen atoms in total. The van der Waals surface area contributed by atoms with Crippen LogP contribution in [0.3, 0.4) is 0 Å². The molecule has 0 aromatic rings. The fraction of sp³-hybridized carbons (Fsp3) is 0.750. The highest BCUT2D eigenvalue weighted by molar-refractivity contribution is 5.97. The first-order valence-electron chi connectivity index (χ1n) is 5.62. The number of ether oxygens (including phenoxy) is 1. The molecule has 0 N–H and O–H groups in total. The van der Waals surface area contributed by atoms with Crippen LogP contribution in [0.15, 0.2) is 11.8 Å². The molecule has 0 unspecified atom stereocenters. The molecular formula is C12H18O2. The summed E-state index contributed by atoms with van der Waals surface area (Å²) in [5, 5.41) is 0. The molecule has 14 heavy (non-hydrogen) atoms. The molecule has 0 saturated heterocycles. The van der Waals surface area contributed by atoms with Gasteiger partial charge in [0.05, 0.1) is 12.9 Å². The summed E-state index contributed by atoms with van der Waals surface area (Å²) in [7, 11) is 0. The number of hydrogen-bond donors (Lipinski definition) is 0. The van der Waals surface area contributed by atoms with Gasteiger partial charge in [-0.1, -0.05) is 19.8 Å². The van der Waals surface area contributed by atoms with E-state index in [0.717, 1.165) is 30.8 Å². The fourth-order valence-corrected chi connectivity index (χ4v) is 2.35. The summed E-state index contributed by atoms with van der Waals surface area (Å²) >= 11 is 0.